The van der Waals surface area contributed by atoms with Crippen LogP contribution in [0.2, 0.25) is 0 Å². The fourth-order valence-electron chi connectivity index (χ4n) is 4.24. The second kappa shape index (κ2) is 12.7. The van der Waals surface area contributed by atoms with Crippen molar-refractivity contribution in [2.75, 3.05) is 46.4 Å². The number of hydrogen-bond acceptors (Lipinski definition) is 5. The molecule has 1 saturated heterocycles. The van der Waals surface area contributed by atoms with Crippen LogP contribution in [-0.4, -0.2) is 74.8 Å². The van der Waals surface area contributed by atoms with Crippen LogP contribution >= 0.6 is 0 Å². The van der Waals surface area contributed by atoms with Crippen LogP contribution in [-0.2, 0) is 21.4 Å². The van der Waals surface area contributed by atoms with Gasteiger partial charge in [-0.15, -0.1) is 0 Å². The highest BCUT2D eigenvalue weighted by molar-refractivity contribution is 7.89. The molecule has 0 bridgehead atoms. The number of amides is 1. The second-order valence-corrected chi connectivity index (χ2v) is 10.9. The van der Waals surface area contributed by atoms with Gasteiger partial charge in [0.25, 0.3) is 0 Å². The molecule has 37 heavy (non-hydrogen) atoms. The highest BCUT2D eigenvalue weighted by Gasteiger charge is 2.30. The first-order valence-corrected chi connectivity index (χ1v) is 13.8. The number of piperazine rings is 1. The molecule has 1 heterocycles. The quantitative estimate of drug-likeness (QED) is 0.408. The molecule has 3 aromatic carbocycles. The van der Waals surface area contributed by atoms with E-state index in [1.54, 1.807) is 17.0 Å². The number of rotatable bonds is 10. The van der Waals surface area contributed by atoms with Gasteiger partial charge >= 0.3 is 0 Å². The van der Waals surface area contributed by atoms with Crippen LogP contribution in [0.4, 0.5) is 0 Å². The van der Waals surface area contributed by atoms with Crippen molar-refractivity contribution in [3.63, 3.8) is 0 Å². The molecular formula is C29H33N3O4S. The lowest BCUT2D eigenvalue weighted by Gasteiger charge is -2.35. The van der Waals surface area contributed by atoms with Gasteiger partial charge in [0.1, 0.15) is 5.75 Å². The second-order valence-electron chi connectivity index (χ2n) is 8.93. The monoisotopic (exact) mass is 519 g/mol. The van der Waals surface area contributed by atoms with Crippen LogP contribution in [0.15, 0.2) is 95.9 Å². The molecule has 3 aromatic rings. The van der Waals surface area contributed by atoms with Crippen molar-refractivity contribution in [3.05, 3.63) is 102 Å². The van der Waals surface area contributed by atoms with E-state index in [0.717, 1.165) is 30.8 Å². The molecule has 8 heteroatoms. The molecule has 4 rings (SSSR count). The first kappa shape index (κ1) is 26.6. The minimum atomic E-state index is -3.90. The Morgan fingerprint density at radius 3 is 2.14 bits per heavy atom. The van der Waals surface area contributed by atoms with Crippen LogP contribution in [0.1, 0.15) is 11.1 Å². The Kier molecular flexibility index (Phi) is 9.11. The standard InChI is InChI=1S/C29H33N3O4S/c1-36-27-14-16-28(17-15-27)37(34,35)32(23-26-11-6-3-7-12-26)24-29(33)31-21-19-30(20-22-31)18-8-13-25-9-4-2-5-10-25/h2-17H,18-24H2,1H3/b13-8+. The molecule has 7 nitrogen and oxygen atoms in total. The van der Waals surface area contributed by atoms with Gasteiger partial charge in [-0.3, -0.25) is 9.69 Å². The average Bonchev–Trinajstić information content (AvgIpc) is 2.94. The molecule has 1 aliphatic rings. The maximum absolute atomic E-state index is 13.5. The van der Waals surface area contributed by atoms with E-state index in [1.807, 2.05) is 48.5 Å². The Balaban J connectivity index is 1.40. The number of sulfonamides is 1. The zero-order valence-corrected chi connectivity index (χ0v) is 21.9. The smallest absolute Gasteiger partial charge is 0.243 e. The lowest BCUT2D eigenvalue weighted by Crippen LogP contribution is -2.51. The van der Waals surface area contributed by atoms with Crippen molar-refractivity contribution >= 4 is 22.0 Å². The van der Waals surface area contributed by atoms with Crippen molar-refractivity contribution in [1.82, 2.24) is 14.1 Å². The molecule has 0 aromatic heterocycles. The van der Waals surface area contributed by atoms with Crippen LogP contribution in [0, 0.1) is 0 Å². The Morgan fingerprint density at radius 2 is 1.51 bits per heavy atom. The zero-order valence-electron chi connectivity index (χ0n) is 21.1. The predicted octanol–water partition coefficient (Wildman–Crippen LogP) is 3.74. The van der Waals surface area contributed by atoms with Gasteiger partial charge in [-0.05, 0) is 35.4 Å². The van der Waals surface area contributed by atoms with Gasteiger partial charge in [0.05, 0.1) is 18.6 Å². The Labute approximate surface area is 219 Å². The van der Waals surface area contributed by atoms with Crippen LogP contribution in [0.3, 0.4) is 0 Å². The molecule has 0 unspecified atom stereocenters. The van der Waals surface area contributed by atoms with E-state index < -0.39 is 10.0 Å². The summed E-state index contributed by atoms with van der Waals surface area (Å²) >= 11 is 0. The largest absolute Gasteiger partial charge is 0.497 e. The van der Waals surface area contributed by atoms with E-state index in [2.05, 4.69) is 29.2 Å². The third-order valence-electron chi connectivity index (χ3n) is 6.41. The van der Waals surface area contributed by atoms with Gasteiger partial charge in [-0.25, -0.2) is 8.42 Å². The number of methoxy groups -OCH3 is 1. The van der Waals surface area contributed by atoms with Crippen molar-refractivity contribution in [1.29, 1.82) is 0 Å². The SMILES string of the molecule is COc1ccc(S(=O)(=O)N(CC(=O)N2CCN(C/C=C/c3ccccc3)CC2)Cc2ccccc2)cc1. The fourth-order valence-corrected chi connectivity index (χ4v) is 5.62. The number of hydrogen-bond donors (Lipinski definition) is 0. The summed E-state index contributed by atoms with van der Waals surface area (Å²) < 4.78 is 33.5. The molecule has 0 N–H and O–H groups in total. The van der Waals surface area contributed by atoms with E-state index in [4.69, 9.17) is 4.74 Å². The Hall–Kier alpha value is -3.46. The summed E-state index contributed by atoms with van der Waals surface area (Å²) in [4.78, 5) is 17.4. The summed E-state index contributed by atoms with van der Waals surface area (Å²) in [5.74, 6) is 0.383. The predicted molar refractivity (Wildman–Crippen MR) is 146 cm³/mol. The minimum absolute atomic E-state index is 0.116. The van der Waals surface area contributed by atoms with E-state index in [9.17, 15) is 13.2 Å². The molecule has 1 fully saturated rings. The molecule has 0 saturated carbocycles. The summed E-state index contributed by atoms with van der Waals surface area (Å²) in [5.41, 5.74) is 1.98. The normalized spacial score (nSPS) is 14.8. The Morgan fingerprint density at radius 1 is 0.892 bits per heavy atom. The van der Waals surface area contributed by atoms with E-state index in [-0.39, 0.29) is 23.9 Å². The zero-order chi connectivity index (χ0) is 26.1. The van der Waals surface area contributed by atoms with Gasteiger partial charge < -0.3 is 9.64 Å². The highest BCUT2D eigenvalue weighted by Crippen LogP contribution is 2.22. The molecule has 1 amide bonds. The molecule has 1 aliphatic heterocycles. The lowest BCUT2D eigenvalue weighted by atomic mass is 10.2. The van der Waals surface area contributed by atoms with Gasteiger partial charge in [-0.2, -0.15) is 4.31 Å². The van der Waals surface area contributed by atoms with Crippen molar-refractivity contribution in [2.24, 2.45) is 0 Å². The maximum Gasteiger partial charge on any atom is 0.243 e. The van der Waals surface area contributed by atoms with Crippen molar-refractivity contribution in [3.8, 4) is 5.75 Å². The number of ether oxygens (including phenoxy) is 1. The van der Waals surface area contributed by atoms with Crippen LogP contribution in [0.25, 0.3) is 6.08 Å². The molecule has 0 aliphatic carbocycles. The van der Waals surface area contributed by atoms with Crippen LogP contribution < -0.4 is 4.74 Å². The topological polar surface area (TPSA) is 70.2 Å². The lowest BCUT2D eigenvalue weighted by molar-refractivity contribution is -0.133. The minimum Gasteiger partial charge on any atom is -0.497 e. The fraction of sp³-hybridized carbons (Fsp3) is 0.276. The van der Waals surface area contributed by atoms with E-state index in [1.165, 1.54) is 23.5 Å². The van der Waals surface area contributed by atoms with Crippen LogP contribution in [0.5, 0.6) is 5.75 Å². The summed E-state index contributed by atoms with van der Waals surface area (Å²) in [6, 6.07) is 25.7. The van der Waals surface area contributed by atoms with Gasteiger partial charge in [0.2, 0.25) is 15.9 Å². The molecule has 0 radical (unpaired) electrons. The van der Waals surface area contributed by atoms with Gasteiger partial charge in [-0.1, -0.05) is 72.8 Å². The van der Waals surface area contributed by atoms with E-state index >= 15 is 0 Å². The average molecular weight is 520 g/mol. The number of carbonyl (C=O) groups is 1. The maximum atomic E-state index is 13.5. The number of nitrogens with zero attached hydrogens (tertiary/aromatic N) is 3. The van der Waals surface area contributed by atoms with Crippen molar-refractivity contribution < 1.29 is 17.9 Å². The third kappa shape index (κ3) is 7.29. The molecule has 194 valence electrons. The summed E-state index contributed by atoms with van der Waals surface area (Å²) in [6.07, 6.45) is 4.23. The van der Waals surface area contributed by atoms with Gasteiger partial charge in [0, 0.05) is 39.3 Å². The molecular weight excluding hydrogens is 486 g/mol. The number of carbonyl (C=O) groups excluding carboxylic acids is 1. The van der Waals surface area contributed by atoms with E-state index in [0.29, 0.717) is 18.8 Å². The molecule has 0 atom stereocenters. The Bertz CT molecular complexity index is 1270. The highest BCUT2D eigenvalue weighted by atomic mass is 32.2. The first-order chi connectivity index (χ1) is 18.0. The van der Waals surface area contributed by atoms with Gasteiger partial charge in [0.15, 0.2) is 0 Å². The third-order valence-corrected chi connectivity index (χ3v) is 8.21. The summed E-state index contributed by atoms with van der Waals surface area (Å²) in [7, 11) is -2.37. The number of benzene rings is 3. The molecule has 0 spiro atoms. The summed E-state index contributed by atoms with van der Waals surface area (Å²) in [6.45, 7) is 3.34. The summed E-state index contributed by atoms with van der Waals surface area (Å²) in [5, 5.41) is 0. The van der Waals surface area contributed by atoms with Crippen molar-refractivity contribution in [2.45, 2.75) is 11.4 Å². The first-order valence-electron chi connectivity index (χ1n) is 12.4.